The highest BCUT2D eigenvalue weighted by Crippen LogP contribution is 2.50. The van der Waals surface area contributed by atoms with E-state index in [0.29, 0.717) is 48.8 Å². The summed E-state index contributed by atoms with van der Waals surface area (Å²) in [5.74, 6) is 0.589. The molecule has 0 spiro atoms. The van der Waals surface area contributed by atoms with Crippen LogP contribution < -0.4 is 32.6 Å². The Morgan fingerprint density at radius 3 is 2.23 bits per heavy atom. The average molecular weight is 598 g/mol. The predicted octanol–water partition coefficient (Wildman–Crippen LogP) is 4.55. The second-order valence-electron chi connectivity index (χ2n) is 11.5. The molecule has 0 saturated heterocycles. The van der Waals surface area contributed by atoms with Crippen molar-refractivity contribution in [1.29, 1.82) is 0 Å². The lowest BCUT2D eigenvalue weighted by Crippen LogP contribution is -2.53. The number of Topliss-reactive ketones (excluding diaryl/α,β-unsaturated/α-hetero) is 1. The highest BCUT2D eigenvalue weighted by molar-refractivity contribution is 7.21. The number of hydrogen-bond donors (Lipinski definition) is 5. The molecule has 3 aromatic carbocycles. The lowest BCUT2D eigenvalue weighted by molar-refractivity contribution is -0.124. The molecule has 0 aliphatic heterocycles. The number of hydrogen-bond acceptors (Lipinski definition) is 8. The van der Waals surface area contributed by atoms with Gasteiger partial charge >= 0.3 is 0 Å². The SMILES string of the molecule is CC(=O)NC1CCC(NC(=O)c2sc3c(N)ccc4c3c2C(N)C(=O)C4(N)c2ccc(Oc3ccccc3)cc2C)CC1. The average Bonchev–Trinajstić information content (AvgIpc) is 3.39. The van der Waals surface area contributed by atoms with Gasteiger partial charge < -0.3 is 32.6 Å². The number of carbonyl (C=O) groups excluding carboxylic acids is 3. The molecule has 1 heterocycles. The number of nitrogen functional groups attached to an aromatic ring is 1. The first-order valence-electron chi connectivity index (χ1n) is 14.4. The zero-order chi connectivity index (χ0) is 30.5. The van der Waals surface area contributed by atoms with Crippen molar-refractivity contribution in [2.75, 3.05) is 5.73 Å². The molecule has 9 nitrogen and oxygen atoms in total. The first kappa shape index (κ1) is 28.9. The van der Waals surface area contributed by atoms with E-state index in [0.717, 1.165) is 31.2 Å². The van der Waals surface area contributed by atoms with E-state index in [1.807, 2.05) is 49.4 Å². The van der Waals surface area contributed by atoms with E-state index < -0.39 is 17.4 Å². The summed E-state index contributed by atoms with van der Waals surface area (Å²) in [6.07, 6.45) is 3.04. The van der Waals surface area contributed by atoms with Gasteiger partial charge in [0.15, 0.2) is 5.78 Å². The molecule has 1 fully saturated rings. The van der Waals surface area contributed by atoms with Gasteiger partial charge in [-0.2, -0.15) is 0 Å². The van der Waals surface area contributed by atoms with Crippen molar-refractivity contribution in [3.63, 3.8) is 0 Å². The molecule has 0 radical (unpaired) electrons. The Labute approximate surface area is 253 Å². The minimum Gasteiger partial charge on any atom is -0.457 e. The number of benzene rings is 3. The Bertz CT molecular complexity index is 1750. The normalized spacial score (nSPS) is 23.2. The topological polar surface area (TPSA) is 163 Å². The van der Waals surface area contributed by atoms with Crippen LogP contribution in [0.15, 0.2) is 60.7 Å². The molecule has 43 heavy (non-hydrogen) atoms. The molecule has 1 saturated carbocycles. The summed E-state index contributed by atoms with van der Waals surface area (Å²) in [5.41, 5.74) is 21.5. The summed E-state index contributed by atoms with van der Waals surface area (Å²) >= 11 is 1.24. The number of anilines is 1. The summed E-state index contributed by atoms with van der Waals surface area (Å²) in [6, 6.07) is 17.3. The van der Waals surface area contributed by atoms with Crippen LogP contribution in [0, 0.1) is 6.92 Å². The second-order valence-corrected chi connectivity index (χ2v) is 12.5. The fourth-order valence-electron chi connectivity index (χ4n) is 6.51. The minimum atomic E-state index is -1.55. The summed E-state index contributed by atoms with van der Waals surface area (Å²) in [4.78, 5) is 39.6. The standard InChI is InChI=1S/C33H35N5O4S/c1-17-16-22(42-21-6-4-3-5-7-21)12-13-23(17)33(36)24-14-15-25(34)29-26(24)27(28(35)31(33)40)30(43-29)32(41)38-20-10-8-19(9-11-20)37-18(2)39/h3-7,12-16,19-20,28H,8-11,34-36H2,1-2H3,(H,37,39)(H,38,41). The zero-order valence-electron chi connectivity index (χ0n) is 24.1. The van der Waals surface area contributed by atoms with Gasteiger partial charge in [0.25, 0.3) is 5.91 Å². The third kappa shape index (κ3) is 5.05. The van der Waals surface area contributed by atoms with Crippen LogP contribution in [0.3, 0.4) is 0 Å². The van der Waals surface area contributed by atoms with Crippen LogP contribution >= 0.6 is 11.3 Å². The van der Waals surface area contributed by atoms with Gasteiger partial charge in [0.05, 0.1) is 15.6 Å². The van der Waals surface area contributed by atoms with Gasteiger partial charge in [0.1, 0.15) is 17.0 Å². The van der Waals surface area contributed by atoms with E-state index >= 15 is 0 Å². The van der Waals surface area contributed by atoms with Crippen molar-refractivity contribution in [3.8, 4) is 11.5 Å². The monoisotopic (exact) mass is 597 g/mol. The first-order chi connectivity index (χ1) is 20.6. The van der Waals surface area contributed by atoms with Crippen molar-refractivity contribution in [2.45, 2.75) is 63.2 Å². The molecule has 2 aliphatic rings. The van der Waals surface area contributed by atoms with E-state index in [-0.39, 0.29) is 23.9 Å². The molecular weight excluding hydrogens is 562 g/mol. The quantitative estimate of drug-likeness (QED) is 0.204. The molecule has 2 aliphatic carbocycles. The lowest BCUT2D eigenvalue weighted by atomic mass is 9.69. The number of nitrogens with one attached hydrogen (secondary N) is 2. The van der Waals surface area contributed by atoms with Crippen LogP contribution in [0.5, 0.6) is 11.5 Å². The van der Waals surface area contributed by atoms with Crippen LogP contribution in [0.2, 0.25) is 0 Å². The summed E-state index contributed by atoms with van der Waals surface area (Å²) < 4.78 is 6.69. The molecule has 8 N–H and O–H groups in total. The van der Waals surface area contributed by atoms with Crippen LogP contribution in [0.4, 0.5) is 5.69 Å². The van der Waals surface area contributed by atoms with E-state index in [1.165, 1.54) is 18.3 Å². The Kier molecular flexibility index (Phi) is 7.45. The highest BCUT2D eigenvalue weighted by Gasteiger charge is 2.49. The van der Waals surface area contributed by atoms with Gasteiger partial charge in [-0.15, -0.1) is 11.3 Å². The van der Waals surface area contributed by atoms with Crippen molar-refractivity contribution in [1.82, 2.24) is 10.6 Å². The van der Waals surface area contributed by atoms with E-state index in [1.54, 1.807) is 18.2 Å². The minimum absolute atomic E-state index is 0.0462. The Morgan fingerprint density at radius 2 is 1.58 bits per heavy atom. The maximum Gasteiger partial charge on any atom is 0.261 e. The van der Waals surface area contributed by atoms with Gasteiger partial charge in [-0.3, -0.25) is 14.4 Å². The molecule has 2 unspecified atom stereocenters. The van der Waals surface area contributed by atoms with Gasteiger partial charge in [0.2, 0.25) is 5.91 Å². The van der Waals surface area contributed by atoms with E-state index in [9.17, 15) is 14.4 Å². The van der Waals surface area contributed by atoms with Gasteiger partial charge in [-0.05, 0) is 79.6 Å². The number of carbonyl (C=O) groups is 3. The maximum absolute atomic E-state index is 14.2. The van der Waals surface area contributed by atoms with Crippen molar-refractivity contribution < 1.29 is 19.1 Å². The smallest absolute Gasteiger partial charge is 0.261 e. The lowest BCUT2D eigenvalue weighted by Gasteiger charge is -2.37. The number of ether oxygens (including phenoxy) is 1. The largest absolute Gasteiger partial charge is 0.457 e. The molecule has 4 aromatic rings. The summed E-state index contributed by atoms with van der Waals surface area (Å²) in [7, 11) is 0. The molecule has 0 bridgehead atoms. The number of ketones is 1. The number of aryl methyl sites for hydroxylation is 1. The van der Waals surface area contributed by atoms with Crippen LogP contribution in [-0.4, -0.2) is 29.7 Å². The molecule has 10 heteroatoms. The van der Waals surface area contributed by atoms with Gasteiger partial charge in [0, 0.05) is 35.6 Å². The predicted molar refractivity (Wildman–Crippen MR) is 168 cm³/mol. The molecule has 6 rings (SSSR count). The van der Waals surface area contributed by atoms with Crippen LogP contribution in [-0.2, 0) is 15.1 Å². The van der Waals surface area contributed by atoms with E-state index in [2.05, 4.69) is 10.6 Å². The molecule has 2 atom stereocenters. The third-order valence-electron chi connectivity index (χ3n) is 8.59. The van der Waals surface area contributed by atoms with Crippen molar-refractivity contribution in [2.24, 2.45) is 11.5 Å². The molecule has 2 amide bonds. The number of rotatable bonds is 6. The zero-order valence-corrected chi connectivity index (χ0v) is 24.9. The fraction of sp³-hybridized carbons (Fsp3) is 0.303. The highest BCUT2D eigenvalue weighted by atomic mass is 32.1. The Hall–Kier alpha value is -4.25. The summed E-state index contributed by atoms with van der Waals surface area (Å²) in [6.45, 7) is 3.40. The maximum atomic E-state index is 14.2. The third-order valence-corrected chi connectivity index (χ3v) is 9.84. The number of thiophene rings is 1. The van der Waals surface area contributed by atoms with Crippen LogP contribution in [0.1, 0.15) is 70.6 Å². The fourth-order valence-corrected chi connectivity index (χ4v) is 7.72. The van der Waals surface area contributed by atoms with Crippen LogP contribution in [0.25, 0.3) is 10.1 Å². The molecule has 1 aromatic heterocycles. The van der Waals surface area contributed by atoms with E-state index in [4.69, 9.17) is 21.9 Å². The van der Waals surface area contributed by atoms with Gasteiger partial charge in [-0.25, -0.2) is 0 Å². The number of nitrogens with two attached hydrogens (primary N) is 3. The summed E-state index contributed by atoms with van der Waals surface area (Å²) in [5, 5.41) is 6.76. The first-order valence-corrected chi connectivity index (χ1v) is 15.3. The van der Waals surface area contributed by atoms with Crippen molar-refractivity contribution >= 4 is 44.7 Å². The number of para-hydroxylation sites is 1. The Balaban J connectivity index is 1.35. The molecule has 222 valence electrons. The van der Waals surface area contributed by atoms with Gasteiger partial charge in [-0.1, -0.05) is 30.3 Å². The second kappa shape index (κ2) is 11.1. The molecular formula is C33H35N5O4S. The number of amides is 2. The Morgan fingerprint density at radius 1 is 0.930 bits per heavy atom. The van der Waals surface area contributed by atoms with Crippen molar-refractivity contribution in [3.05, 3.63) is 87.8 Å².